The topological polar surface area (TPSA) is 46.0 Å². The lowest BCUT2D eigenvalue weighted by Crippen LogP contribution is -1.92. The molecule has 0 spiro atoms. The Bertz CT molecular complexity index is 662. The number of halogens is 1. The third-order valence-electron chi connectivity index (χ3n) is 2.65. The summed E-state index contributed by atoms with van der Waals surface area (Å²) in [5.74, 6) is 6.02. The van der Waals surface area contributed by atoms with Crippen LogP contribution in [0.15, 0.2) is 35.7 Å². The van der Waals surface area contributed by atoms with Gasteiger partial charge in [-0.15, -0.1) is 0 Å². The first-order chi connectivity index (χ1) is 10.2. The van der Waals surface area contributed by atoms with Gasteiger partial charge in [0.2, 0.25) is 0 Å². The lowest BCUT2D eigenvalue weighted by molar-refractivity contribution is 0.305. The fourth-order valence-electron chi connectivity index (χ4n) is 1.60. The summed E-state index contributed by atoms with van der Waals surface area (Å²) in [6.07, 6.45) is 3.91. The maximum Gasteiger partial charge on any atom is 0.187 e. The van der Waals surface area contributed by atoms with Crippen LogP contribution in [0, 0.1) is 24.6 Å². The number of hydrogen-bond donors (Lipinski definition) is 1. The average molecular weight is 302 g/mol. The van der Waals surface area contributed by atoms with Crippen LogP contribution in [0.2, 0.25) is 0 Å². The first kappa shape index (κ1) is 15.5. The van der Waals surface area contributed by atoms with Gasteiger partial charge in [-0.3, -0.25) is 0 Å². The van der Waals surface area contributed by atoms with Crippen molar-refractivity contribution in [3.63, 3.8) is 0 Å². The Kier molecular flexibility index (Phi) is 5.73. The molecule has 2 rings (SSSR count). The fraction of sp³-hybridized carbons (Fsp3) is 0.250. The minimum absolute atomic E-state index is 0.00358. The molecule has 0 unspecified atom stereocenters. The Morgan fingerprint density at radius 3 is 2.76 bits per heavy atom. The molecule has 1 N–H and O–H groups in total. The highest BCUT2D eigenvalue weighted by Crippen LogP contribution is 2.21. The van der Waals surface area contributed by atoms with Gasteiger partial charge in [-0.05, 0) is 30.2 Å². The Labute approximate surface area is 127 Å². The molecule has 0 fully saturated rings. The van der Waals surface area contributed by atoms with Crippen LogP contribution in [0.1, 0.15) is 23.1 Å². The largest absolute Gasteiger partial charge is 0.395 e. The zero-order valence-electron chi connectivity index (χ0n) is 11.6. The summed E-state index contributed by atoms with van der Waals surface area (Å²) in [5.41, 5.74) is 2.58. The molecule has 108 valence electrons. The van der Waals surface area contributed by atoms with Crippen molar-refractivity contribution in [2.75, 3.05) is 6.61 Å². The van der Waals surface area contributed by atoms with E-state index in [4.69, 9.17) is 5.11 Å². The summed E-state index contributed by atoms with van der Waals surface area (Å²) < 4.78 is 13.3. The summed E-state index contributed by atoms with van der Waals surface area (Å²) in [5, 5.41) is 9.43. The van der Waals surface area contributed by atoms with Gasteiger partial charge in [0.05, 0.1) is 6.61 Å². The van der Waals surface area contributed by atoms with Gasteiger partial charge in [0.15, 0.2) is 5.16 Å². The molecule has 0 saturated carbocycles. The highest BCUT2D eigenvalue weighted by molar-refractivity contribution is 7.98. The molecule has 0 saturated heterocycles. The molecule has 1 aromatic carbocycles. The van der Waals surface area contributed by atoms with Crippen LogP contribution in [-0.4, -0.2) is 21.7 Å². The van der Waals surface area contributed by atoms with Gasteiger partial charge >= 0.3 is 0 Å². The third-order valence-corrected chi connectivity index (χ3v) is 3.57. The van der Waals surface area contributed by atoms with Gasteiger partial charge in [-0.2, -0.15) is 0 Å². The molecule has 0 radical (unpaired) electrons. The molecule has 0 aliphatic heterocycles. The van der Waals surface area contributed by atoms with Crippen LogP contribution >= 0.6 is 11.8 Å². The van der Waals surface area contributed by atoms with Crippen molar-refractivity contribution in [3.8, 4) is 11.8 Å². The number of aliphatic hydroxyl groups excluding tert-OH is 1. The van der Waals surface area contributed by atoms with Gasteiger partial charge in [0, 0.05) is 30.1 Å². The van der Waals surface area contributed by atoms with E-state index in [1.807, 2.05) is 6.92 Å². The maximum absolute atomic E-state index is 13.3. The number of thioether (sulfide) groups is 1. The van der Waals surface area contributed by atoms with Crippen molar-refractivity contribution >= 4 is 11.8 Å². The molecule has 0 bridgehead atoms. The van der Waals surface area contributed by atoms with E-state index in [1.54, 1.807) is 18.5 Å². The van der Waals surface area contributed by atoms with Crippen molar-refractivity contribution in [2.24, 2.45) is 0 Å². The Hall–Kier alpha value is -1.90. The summed E-state index contributed by atoms with van der Waals surface area (Å²) in [6.45, 7) is 1.94. The highest BCUT2D eigenvalue weighted by Gasteiger charge is 2.05. The van der Waals surface area contributed by atoms with Gasteiger partial charge in [0.25, 0.3) is 0 Å². The Balaban J connectivity index is 2.12. The van der Waals surface area contributed by atoms with E-state index in [-0.39, 0.29) is 12.4 Å². The molecular formula is C16H15FN2OS. The number of aromatic nitrogens is 2. The minimum Gasteiger partial charge on any atom is -0.395 e. The number of aryl methyl sites for hydroxylation is 1. The molecule has 0 amide bonds. The Morgan fingerprint density at radius 2 is 2.05 bits per heavy atom. The van der Waals surface area contributed by atoms with Crippen molar-refractivity contribution in [3.05, 3.63) is 53.1 Å². The molecule has 0 aliphatic rings. The molecule has 5 heteroatoms. The summed E-state index contributed by atoms with van der Waals surface area (Å²) in [4.78, 5) is 8.45. The van der Waals surface area contributed by atoms with Gasteiger partial charge in [0.1, 0.15) is 5.82 Å². The summed E-state index contributed by atoms with van der Waals surface area (Å²) >= 11 is 1.48. The molecule has 2 aromatic rings. The van der Waals surface area contributed by atoms with Gasteiger partial charge in [-0.1, -0.05) is 29.7 Å². The van der Waals surface area contributed by atoms with Crippen LogP contribution in [0.5, 0.6) is 0 Å². The van der Waals surface area contributed by atoms with Crippen molar-refractivity contribution in [1.82, 2.24) is 9.97 Å². The van der Waals surface area contributed by atoms with Crippen molar-refractivity contribution in [2.45, 2.75) is 24.3 Å². The second-order valence-corrected chi connectivity index (χ2v) is 5.35. The van der Waals surface area contributed by atoms with Crippen LogP contribution in [0.4, 0.5) is 4.39 Å². The smallest absolute Gasteiger partial charge is 0.187 e. The van der Waals surface area contributed by atoms with Crippen molar-refractivity contribution in [1.29, 1.82) is 0 Å². The second kappa shape index (κ2) is 7.77. The molecule has 1 aromatic heterocycles. The monoisotopic (exact) mass is 302 g/mol. The molecule has 0 aliphatic carbocycles. The lowest BCUT2D eigenvalue weighted by atomic mass is 10.1. The van der Waals surface area contributed by atoms with E-state index in [0.29, 0.717) is 22.9 Å². The Morgan fingerprint density at radius 1 is 1.29 bits per heavy atom. The summed E-state index contributed by atoms with van der Waals surface area (Å²) in [7, 11) is 0. The highest BCUT2D eigenvalue weighted by atomic mass is 32.2. The zero-order valence-corrected chi connectivity index (χ0v) is 12.5. The van der Waals surface area contributed by atoms with Crippen LogP contribution in [-0.2, 0) is 5.75 Å². The van der Waals surface area contributed by atoms with Gasteiger partial charge in [-0.25, -0.2) is 14.4 Å². The van der Waals surface area contributed by atoms with Crippen molar-refractivity contribution < 1.29 is 9.50 Å². The van der Waals surface area contributed by atoms with E-state index in [0.717, 1.165) is 11.1 Å². The van der Waals surface area contributed by atoms with Crippen LogP contribution in [0.25, 0.3) is 0 Å². The number of nitrogens with zero attached hydrogens (tertiary/aromatic N) is 2. The molecule has 3 nitrogen and oxygen atoms in total. The molecule has 21 heavy (non-hydrogen) atoms. The fourth-order valence-corrected chi connectivity index (χ4v) is 2.39. The zero-order chi connectivity index (χ0) is 15.1. The third kappa shape index (κ3) is 4.85. The quantitative estimate of drug-likeness (QED) is 0.536. The molecule has 1 heterocycles. The summed E-state index contributed by atoms with van der Waals surface area (Å²) in [6, 6.07) is 4.55. The SMILES string of the molecule is Cc1cnc(SCc2ccc(F)cc2C#CCCO)nc1. The normalized spacial score (nSPS) is 10.0. The number of rotatable bonds is 4. The number of benzene rings is 1. The standard InChI is InChI=1S/C16H15FN2OS/c1-12-9-18-16(19-10-12)21-11-14-5-6-15(17)8-13(14)4-2-3-7-20/h5-6,8-10,20H,3,7,11H2,1H3. The molecule has 0 atom stereocenters. The number of aliphatic hydroxyl groups is 1. The first-order valence-electron chi connectivity index (χ1n) is 6.48. The molecular weight excluding hydrogens is 287 g/mol. The predicted octanol–water partition coefficient (Wildman–Crippen LogP) is 2.95. The lowest BCUT2D eigenvalue weighted by Gasteiger charge is -2.04. The minimum atomic E-state index is -0.316. The van der Waals surface area contributed by atoms with Crippen LogP contribution in [0.3, 0.4) is 0 Å². The van der Waals surface area contributed by atoms with E-state index >= 15 is 0 Å². The average Bonchev–Trinajstić information content (AvgIpc) is 2.48. The van der Waals surface area contributed by atoms with E-state index in [9.17, 15) is 4.39 Å². The van der Waals surface area contributed by atoms with E-state index < -0.39 is 0 Å². The first-order valence-corrected chi connectivity index (χ1v) is 7.47. The van der Waals surface area contributed by atoms with E-state index in [2.05, 4.69) is 21.8 Å². The predicted molar refractivity (Wildman–Crippen MR) is 81.3 cm³/mol. The van der Waals surface area contributed by atoms with Crippen LogP contribution < -0.4 is 0 Å². The second-order valence-electron chi connectivity index (χ2n) is 4.41. The maximum atomic E-state index is 13.3. The van der Waals surface area contributed by atoms with E-state index in [1.165, 1.54) is 23.9 Å². The number of hydrogen-bond acceptors (Lipinski definition) is 4. The van der Waals surface area contributed by atoms with Gasteiger partial charge < -0.3 is 5.11 Å².